The first-order valence-corrected chi connectivity index (χ1v) is 3.89. The number of carboxylic acids is 1. The van der Waals surface area contributed by atoms with E-state index < -0.39 is 5.97 Å². The van der Waals surface area contributed by atoms with E-state index in [1.165, 1.54) is 6.92 Å². The molecular formula is C10H9O3-. The molecule has 0 N–H and O–H groups in total. The number of carbonyl (C=O) groups is 2. The molecule has 0 saturated carbocycles. The van der Waals surface area contributed by atoms with E-state index in [1.54, 1.807) is 24.3 Å². The van der Waals surface area contributed by atoms with Gasteiger partial charge in [-0.2, -0.15) is 0 Å². The van der Waals surface area contributed by atoms with Crippen LogP contribution in [-0.2, 0) is 11.2 Å². The Morgan fingerprint density at radius 1 is 1.23 bits per heavy atom. The van der Waals surface area contributed by atoms with Crippen molar-refractivity contribution in [3.05, 3.63) is 35.4 Å². The standard InChI is InChI=1S/C10H10O3/c1-7(11)9-4-2-8(3-5-9)6-10(12)13/h2-5H,6H2,1H3,(H,12,13)/p-1. The van der Waals surface area contributed by atoms with Crippen LogP contribution in [0.25, 0.3) is 0 Å². The van der Waals surface area contributed by atoms with Gasteiger partial charge in [0.05, 0.1) is 0 Å². The fourth-order valence-corrected chi connectivity index (χ4v) is 1.02. The Kier molecular flexibility index (Phi) is 2.80. The van der Waals surface area contributed by atoms with Gasteiger partial charge in [0.25, 0.3) is 0 Å². The predicted molar refractivity (Wildman–Crippen MR) is 45.2 cm³/mol. The lowest BCUT2D eigenvalue weighted by atomic mass is 10.1. The second kappa shape index (κ2) is 3.85. The molecular weight excluding hydrogens is 168 g/mol. The maximum Gasteiger partial charge on any atom is 0.159 e. The van der Waals surface area contributed by atoms with E-state index >= 15 is 0 Å². The minimum Gasteiger partial charge on any atom is -0.550 e. The number of benzene rings is 1. The van der Waals surface area contributed by atoms with E-state index in [0.717, 1.165) is 0 Å². The van der Waals surface area contributed by atoms with Gasteiger partial charge in [0, 0.05) is 18.0 Å². The van der Waals surface area contributed by atoms with Gasteiger partial charge in [-0.15, -0.1) is 0 Å². The zero-order valence-corrected chi connectivity index (χ0v) is 7.24. The van der Waals surface area contributed by atoms with Crippen LogP contribution in [0, 0.1) is 0 Å². The Hall–Kier alpha value is -1.64. The third kappa shape index (κ3) is 2.71. The lowest BCUT2D eigenvalue weighted by Crippen LogP contribution is -2.24. The normalized spacial score (nSPS) is 9.62. The van der Waals surface area contributed by atoms with Crippen molar-refractivity contribution in [1.82, 2.24) is 0 Å². The number of rotatable bonds is 3. The van der Waals surface area contributed by atoms with Crippen LogP contribution in [0.3, 0.4) is 0 Å². The number of aliphatic carboxylic acids is 1. The smallest absolute Gasteiger partial charge is 0.159 e. The number of carbonyl (C=O) groups excluding carboxylic acids is 2. The summed E-state index contributed by atoms with van der Waals surface area (Å²) in [5, 5.41) is 10.2. The Morgan fingerprint density at radius 3 is 2.15 bits per heavy atom. The Balaban J connectivity index is 2.81. The van der Waals surface area contributed by atoms with Crippen LogP contribution in [0.2, 0.25) is 0 Å². The number of hydrogen-bond acceptors (Lipinski definition) is 3. The van der Waals surface area contributed by atoms with E-state index in [0.29, 0.717) is 11.1 Å². The highest BCUT2D eigenvalue weighted by molar-refractivity contribution is 5.94. The van der Waals surface area contributed by atoms with Gasteiger partial charge in [0.15, 0.2) is 5.78 Å². The number of hydrogen-bond donors (Lipinski definition) is 0. The van der Waals surface area contributed by atoms with Crippen LogP contribution in [0.5, 0.6) is 0 Å². The monoisotopic (exact) mass is 177 g/mol. The van der Waals surface area contributed by atoms with Crippen molar-refractivity contribution in [2.75, 3.05) is 0 Å². The molecule has 0 aromatic heterocycles. The van der Waals surface area contributed by atoms with E-state index in [1.807, 2.05) is 0 Å². The van der Waals surface area contributed by atoms with Crippen LogP contribution >= 0.6 is 0 Å². The molecule has 0 atom stereocenters. The number of ketones is 1. The van der Waals surface area contributed by atoms with Gasteiger partial charge >= 0.3 is 0 Å². The van der Waals surface area contributed by atoms with E-state index in [9.17, 15) is 14.7 Å². The van der Waals surface area contributed by atoms with Gasteiger partial charge in [-0.1, -0.05) is 24.3 Å². The van der Waals surface area contributed by atoms with Gasteiger partial charge in [-0.05, 0) is 12.5 Å². The van der Waals surface area contributed by atoms with E-state index in [4.69, 9.17) is 0 Å². The second-order valence-corrected chi connectivity index (χ2v) is 2.80. The highest BCUT2D eigenvalue weighted by atomic mass is 16.4. The highest BCUT2D eigenvalue weighted by Gasteiger charge is 1.98. The maximum absolute atomic E-state index is 10.9. The Bertz CT molecular complexity index is 325. The van der Waals surface area contributed by atoms with Crippen molar-refractivity contribution in [2.45, 2.75) is 13.3 Å². The van der Waals surface area contributed by atoms with Crippen LogP contribution in [-0.4, -0.2) is 11.8 Å². The summed E-state index contributed by atoms with van der Waals surface area (Å²) in [6.07, 6.45) is -0.113. The van der Waals surface area contributed by atoms with Gasteiger partial charge in [0.1, 0.15) is 0 Å². The van der Waals surface area contributed by atoms with Crippen molar-refractivity contribution in [2.24, 2.45) is 0 Å². The fraction of sp³-hybridized carbons (Fsp3) is 0.200. The SMILES string of the molecule is CC(=O)c1ccc(CC(=O)[O-])cc1. The summed E-state index contributed by atoms with van der Waals surface area (Å²) in [6.45, 7) is 1.47. The zero-order valence-electron chi connectivity index (χ0n) is 7.24. The zero-order chi connectivity index (χ0) is 9.84. The topological polar surface area (TPSA) is 57.2 Å². The van der Waals surface area contributed by atoms with Gasteiger partial charge in [0.2, 0.25) is 0 Å². The fourth-order valence-electron chi connectivity index (χ4n) is 1.02. The molecule has 13 heavy (non-hydrogen) atoms. The van der Waals surface area contributed by atoms with Crippen molar-refractivity contribution in [1.29, 1.82) is 0 Å². The lowest BCUT2D eigenvalue weighted by Gasteiger charge is -2.02. The molecule has 3 heteroatoms. The molecule has 0 fully saturated rings. The molecule has 0 radical (unpaired) electrons. The predicted octanol–water partition coefficient (Wildman–Crippen LogP) is 0.182. The summed E-state index contributed by atoms with van der Waals surface area (Å²) in [5.74, 6) is -1.14. The molecule has 1 rings (SSSR count). The average Bonchev–Trinajstić information content (AvgIpc) is 2.04. The van der Waals surface area contributed by atoms with Gasteiger partial charge in [-0.25, -0.2) is 0 Å². The molecule has 0 aliphatic heterocycles. The first kappa shape index (κ1) is 9.45. The van der Waals surface area contributed by atoms with E-state index in [2.05, 4.69) is 0 Å². The molecule has 0 spiro atoms. The van der Waals surface area contributed by atoms with Crippen LogP contribution in [0.15, 0.2) is 24.3 Å². The van der Waals surface area contributed by atoms with Crippen molar-refractivity contribution >= 4 is 11.8 Å². The van der Waals surface area contributed by atoms with Gasteiger partial charge < -0.3 is 9.90 Å². The van der Waals surface area contributed by atoms with Crippen LogP contribution < -0.4 is 5.11 Å². The summed E-state index contributed by atoms with van der Waals surface area (Å²) in [6, 6.07) is 6.46. The molecule has 0 heterocycles. The van der Waals surface area contributed by atoms with Crippen molar-refractivity contribution < 1.29 is 14.7 Å². The molecule has 1 aromatic carbocycles. The molecule has 68 valence electrons. The quantitative estimate of drug-likeness (QED) is 0.619. The molecule has 1 aromatic rings. The number of Topliss-reactive ketones (excluding diaryl/α,β-unsaturated/α-hetero) is 1. The lowest BCUT2D eigenvalue weighted by molar-refractivity contribution is -0.304. The molecule has 0 aliphatic carbocycles. The minimum absolute atomic E-state index is 0.0278. The molecule has 0 saturated heterocycles. The van der Waals surface area contributed by atoms with Crippen molar-refractivity contribution in [3.8, 4) is 0 Å². The van der Waals surface area contributed by atoms with Crippen LogP contribution in [0.1, 0.15) is 22.8 Å². The first-order chi connectivity index (χ1) is 6.09. The number of carboxylic acid groups (broad SMARTS) is 1. The minimum atomic E-state index is -1.12. The average molecular weight is 177 g/mol. The Morgan fingerprint density at radius 2 is 1.77 bits per heavy atom. The summed E-state index contributed by atoms with van der Waals surface area (Å²) >= 11 is 0. The molecule has 3 nitrogen and oxygen atoms in total. The largest absolute Gasteiger partial charge is 0.550 e. The summed E-state index contributed by atoms with van der Waals surface area (Å²) in [7, 11) is 0. The molecule has 0 bridgehead atoms. The maximum atomic E-state index is 10.9. The summed E-state index contributed by atoms with van der Waals surface area (Å²) in [5.41, 5.74) is 1.23. The summed E-state index contributed by atoms with van der Waals surface area (Å²) < 4.78 is 0. The van der Waals surface area contributed by atoms with E-state index in [-0.39, 0.29) is 12.2 Å². The highest BCUT2D eigenvalue weighted by Crippen LogP contribution is 2.05. The third-order valence-corrected chi connectivity index (χ3v) is 1.71. The molecule has 0 aliphatic rings. The third-order valence-electron chi connectivity index (χ3n) is 1.71. The second-order valence-electron chi connectivity index (χ2n) is 2.80. The Labute approximate surface area is 76.0 Å². The molecule has 0 unspecified atom stereocenters. The molecule has 0 amide bonds. The van der Waals surface area contributed by atoms with Gasteiger partial charge in [-0.3, -0.25) is 4.79 Å². The first-order valence-electron chi connectivity index (χ1n) is 3.89. The van der Waals surface area contributed by atoms with Crippen molar-refractivity contribution in [3.63, 3.8) is 0 Å². The summed E-state index contributed by atoms with van der Waals surface area (Å²) in [4.78, 5) is 21.1. The van der Waals surface area contributed by atoms with Crippen LogP contribution in [0.4, 0.5) is 0 Å².